The Balaban J connectivity index is 2.26. The summed E-state index contributed by atoms with van der Waals surface area (Å²) >= 11 is 0. The minimum atomic E-state index is -0.729. The molecule has 1 aromatic heterocycles. The lowest BCUT2D eigenvalue weighted by Gasteiger charge is -2.13. The van der Waals surface area contributed by atoms with Crippen LogP contribution >= 0.6 is 0 Å². The van der Waals surface area contributed by atoms with Gasteiger partial charge < -0.3 is 13.9 Å². The molecule has 0 aliphatic rings. The number of carbonyl (C=O) groups is 1. The summed E-state index contributed by atoms with van der Waals surface area (Å²) < 4.78 is 15.7. The monoisotopic (exact) mass is 346 g/mol. The third kappa shape index (κ3) is 4.62. The van der Waals surface area contributed by atoms with E-state index in [9.17, 15) is 9.59 Å². The Morgan fingerprint density at radius 3 is 2.68 bits per heavy atom. The van der Waals surface area contributed by atoms with Gasteiger partial charge >= 0.3 is 11.6 Å². The molecule has 0 N–H and O–H groups in total. The van der Waals surface area contributed by atoms with Crippen LogP contribution in [0.3, 0.4) is 0 Å². The fourth-order valence-corrected chi connectivity index (χ4v) is 2.88. The lowest BCUT2D eigenvalue weighted by atomic mass is 10.0. The average molecular weight is 346 g/mol. The van der Waals surface area contributed by atoms with E-state index in [1.165, 1.54) is 13.5 Å². The van der Waals surface area contributed by atoms with Gasteiger partial charge in [0, 0.05) is 17.0 Å². The largest absolute Gasteiger partial charge is 0.479 e. The van der Waals surface area contributed by atoms with E-state index in [-0.39, 0.29) is 5.63 Å². The van der Waals surface area contributed by atoms with Gasteiger partial charge in [-0.15, -0.1) is 0 Å². The van der Waals surface area contributed by atoms with Crippen molar-refractivity contribution < 1.29 is 18.7 Å². The van der Waals surface area contributed by atoms with Crippen LogP contribution in [0.4, 0.5) is 0 Å². The summed E-state index contributed by atoms with van der Waals surface area (Å²) in [6.07, 6.45) is 4.46. The van der Waals surface area contributed by atoms with E-state index in [1.54, 1.807) is 19.1 Å². The standard InChI is InChI=1S/C20H26O5/c1-5-6-7-8-9-17-13(2)16-11-10-15(12-18(16)25-20(17)22)24-14(3)19(21)23-4/h10-12,14H,5-9H2,1-4H3/t14-/m1/s1. The molecule has 0 saturated heterocycles. The summed E-state index contributed by atoms with van der Waals surface area (Å²) in [5.74, 6) is 0.00352. The number of benzene rings is 1. The van der Waals surface area contributed by atoms with Crippen LogP contribution in [0.25, 0.3) is 11.0 Å². The number of unbranched alkanes of at least 4 members (excludes halogenated alkanes) is 3. The van der Waals surface area contributed by atoms with Gasteiger partial charge in [0.1, 0.15) is 11.3 Å². The highest BCUT2D eigenvalue weighted by Gasteiger charge is 2.16. The van der Waals surface area contributed by atoms with E-state index in [0.717, 1.165) is 42.2 Å². The highest BCUT2D eigenvalue weighted by molar-refractivity contribution is 5.82. The van der Waals surface area contributed by atoms with Gasteiger partial charge in [-0.2, -0.15) is 0 Å². The van der Waals surface area contributed by atoms with Crippen molar-refractivity contribution in [2.75, 3.05) is 7.11 Å². The lowest BCUT2D eigenvalue weighted by Crippen LogP contribution is -2.24. The molecule has 0 radical (unpaired) electrons. The van der Waals surface area contributed by atoms with Gasteiger partial charge in [0.2, 0.25) is 0 Å². The minimum Gasteiger partial charge on any atom is -0.479 e. The first-order chi connectivity index (χ1) is 12.0. The molecule has 2 rings (SSSR count). The Labute approximate surface area is 147 Å². The van der Waals surface area contributed by atoms with Gasteiger partial charge in [-0.1, -0.05) is 26.2 Å². The maximum Gasteiger partial charge on any atom is 0.346 e. The molecular formula is C20H26O5. The zero-order valence-electron chi connectivity index (χ0n) is 15.4. The second-order valence-corrected chi connectivity index (χ2v) is 6.24. The summed E-state index contributed by atoms with van der Waals surface area (Å²) in [7, 11) is 1.31. The molecule has 0 fully saturated rings. The van der Waals surface area contributed by atoms with Gasteiger partial charge in [0.15, 0.2) is 6.10 Å². The molecule has 2 aromatic rings. The normalized spacial score (nSPS) is 12.2. The SMILES string of the molecule is CCCCCCc1c(C)c2ccc(O[C@H](C)C(=O)OC)cc2oc1=O. The van der Waals surface area contributed by atoms with Crippen molar-refractivity contribution in [1.82, 2.24) is 0 Å². The maximum absolute atomic E-state index is 12.3. The highest BCUT2D eigenvalue weighted by Crippen LogP contribution is 2.25. The van der Waals surface area contributed by atoms with Crippen LogP contribution in [0.15, 0.2) is 27.4 Å². The summed E-state index contributed by atoms with van der Waals surface area (Å²) in [5.41, 5.74) is 1.88. The molecule has 136 valence electrons. The lowest BCUT2D eigenvalue weighted by molar-refractivity contribution is -0.147. The number of hydrogen-bond acceptors (Lipinski definition) is 5. The summed E-state index contributed by atoms with van der Waals surface area (Å²) in [4.78, 5) is 23.8. The van der Waals surface area contributed by atoms with Crippen LogP contribution in [-0.4, -0.2) is 19.2 Å². The van der Waals surface area contributed by atoms with E-state index in [0.29, 0.717) is 11.3 Å². The van der Waals surface area contributed by atoms with Crippen molar-refractivity contribution in [3.05, 3.63) is 39.7 Å². The number of aryl methyl sites for hydroxylation is 1. The molecule has 0 spiro atoms. The van der Waals surface area contributed by atoms with Gasteiger partial charge in [-0.3, -0.25) is 0 Å². The second-order valence-electron chi connectivity index (χ2n) is 6.24. The number of ether oxygens (including phenoxy) is 2. The minimum absolute atomic E-state index is 0.292. The summed E-state index contributed by atoms with van der Waals surface area (Å²) in [5, 5.41) is 0.892. The zero-order valence-corrected chi connectivity index (χ0v) is 15.4. The molecule has 0 amide bonds. The second kappa shape index (κ2) is 8.70. The Bertz CT molecular complexity index is 791. The number of esters is 1. The van der Waals surface area contributed by atoms with Crippen molar-refractivity contribution in [2.45, 2.75) is 59.0 Å². The van der Waals surface area contributed by atoms with Crippen molar-refractivity contribution in [1.29, 1.82) is 0 Å². The van der Waals surface area contributed by atoms with E-state index < -0.39 is 12.1 Å². The van der Waals surface area contributed by atoms with Crippen LogP contribution in [0.5, 0.6) is 5.75 Å². The first-order valence-corrected chi connectivity index (χ1v) is 8.78. The molecule has 0 aliphatic carbocycles. The molecule has 0 unspecified atom stereocenters. The number of fused-ring (bicyclic) bond motifs is 1. The number of carbonyl (C=O) groups excluding carboxylic acids is 1. The molecule has 1 heterocycles. The van der Waals surface area contributed by atoms with E-state index in [4.69, 9.17) is 9.15 Å². The Hall–Kier alpha value is -2.30. The Morgan fingerprint density at radius 2 is 2.00 bits per heavy atom. The predicted molar refractivity (Wildman–Crippen MR) is 97.2 cm³/mol. The fourth-order valence-electron chi connectivity index (χ4n) is 2.88. The van der Waals surface area contributed by atoms with Crippen LogP contribution in [0.2, 0.25) is 0 Å². The Kier molecular flexibility index (Phi) is 6.62. The molecule has 0 bridgehead atoms. The third-order valence-corrected chi connectivity index (χ3v) is 4.39. The number of rotatable bonds is 8. The summed E-state index contributed by atoms with van der Waals surface area (Å²) in [6, 6.07) is 5.28. The molecule has 5 heteroatoms. The Morgan fingerprint density at radius 1 is 1.24 bits per heavy atom. The first-order valence-electron chi connectivity index (χ1n) is 8.78. The van der Waals surface area contributed by atoms with Crippen molar-refractivity contribution in [3.8, 4) is 5.75 Å². The molecule has 1 aromatic carbocycles. The number of methoxy groups -OCH3 is 1. The zero-order chi connectivity index (χ0) is 18.4. The molecular weight excluding hydrogens is 320 g/mol. The van der Waals surface area contributed by atoms with Gasteiger partial charge in [-0.25, -0.2) is 9.59 Å². The van der Waals surface area contributed by atoms with Crippen LogP contribution < -0.4 is 10.4 Å². The first kappa shape index (κ1) is 19.0. The van der Waals surface area contributed by atoms with Crippen LogP contribution in [-0.2, 0) is 16.0 Å². The third-order valence-electron chi connectivity index (χ3n) is 4.39. The van der Waals surface area contributed by atoms with Crippen LogP contribution in [0.1, 0.15) is 50.7 Å². The molecule has 0 saturated carbocycles. The van der Waals surface area contributed by atoms with E-state index >= 15 is 0 Å². The van der Waals surface area contributed by atoms with Crippen molar-refractivity contribution in [2.24, 2.45) is 0 Å². The van der Waals surface area contributed by atoms with Gasteiger partial charge in [-0.05, 0) is 44.4 Å². The fraction of sp³-hybridized carbons (Fsp3) is 0.500. The predicted octanol–water partition coefficient (Wildman–Crippen LogP) is 4.16. The smallest absolute Gasteiger partial charge is 0.346 e. The van der Waals surface area contributed by atoms with Crippen molar-refractivity contribution >= 4 is 16.9 Å². The highest BCUT2D eigenvalue weighted by atomic mass is 16.6. The van der Waals surface area contributed by atoms with E-state index in [2.05, 4.69) is 11.7 Å². The number of hydrogen-bond donors (Lipinski definition) is 0. The molecule has 5 nitrogen and oxygen atoms in total. The maximum atomic E-state index is 12.3. The molecule has 0 aliphatic heterocycles. The molecule has 1 atom stereocenters. The van der Waals surface area contributed by atoms with Crippen molar-refractivity contribution in [3.63, 3.8) is 0 Å². The quantitative estimate of drug-likeness (QED) is 0.408. The van der Waals surface area contributed by atoms with Gasteiger partial charge in [0.25, 0.3) is 0 Å². The van der Waals surface area contributed by atoms with Gasteiger partial charge in [0.05, 0.1) is 7.11 Å². The molecule has 25 heavy (non-hydrogen) atoms. The summed E-state index contributed by atoms with van der Waals surface area (Å²) in [6.45, 7) is 5.72. The van der Waals surface area contributed by atoms with E-state index in [1.807, 2.05) is 13.0 Å². The van der Waals surface area contributed by atoms with Crippen LogP contribution in [0, 0.1) is 6.92 Å². The topological polar surface area (TPSA) is 65.7 Å². The average Bonchev–Trinajstić information content (AvgIpc) is 2.59.